The van der Waals surface area contributed by atoms with E-state index in [0.717, 1.165) is 18.4 Å². The summed E-state index contributed by atoms with van der Waals surface area (Å²) in [6, 6.07) is 0. The molecule has 2 heterocycles. The molecule has 0 aromatic carbocycles. The third kappa shape index (κ3) is 3.38. The van der Waals surface area contributed by atoms with Gasteiger partial charge in [0.25, 0.3) is 0 Å². The lowest BCUT2D eigenvalue weighted by Gasteiger charge is -2.51. The molecule has 1 saturated heterocycles. The van der Waals surface area contributed by atoms with Gasteiger partial charge in [-0.05, 0) is 44.1 Å². The van der Waals surface area contributed by atoms with Crippen molar-refractivity contribution in [3.05, 3.63) is 11.6 Å². The van der Waals surface area contributed by atoms with E-state index in [1.807, 2.05) is 27.7 Å². The molecule has 2 saturated carbocycles. The van der Waals surface area contributed by atoms with Crippen molar-refractivity contribution >= 4 is 5.97 Å². The first-order valence-corrected chi connectivity index (χ1v) is 12.3. The van der Waals surface area contributed by atoms with E-state index in [0.29, 0.717) is 12.8 Å². The minimum Gasteiger partial charge on any atom is -0.459 e. The number of rotatable bonds is 5. The molecule has 3 fully saturated rings. The van der Waals surface area contributed by atoms with Crippen molar-refractivity contribution in [1.82, 2.24) is 0 Å². The van der Waals surface area contributed by atoms with E-state index < -0.39 is 48.0 Å². The molecule has 0 radical (unpaired) electrons. The van der Waals surface area contributed by atoms with Gasteiger partial charge in [0.05, 0.1) is 42.5 Å². The van der Waals surface area contributed by atoms with Gasteiger partial charge in [0.15, 0.2) is 0 Å². The van der Waals surface area contributed by atoms with Crippen molar-refractivity contribution in [2.75, 3.05) is 13.7 Å². The zero-order chi connectivity index (χ0) is 23.4. The van der Waals surface area contributed by atoms with Gasteiger partial charge < -0.3 is 29.5 Å². The van der Waals surface area contributed by atoms with E-state index >= 15 is 0 Å². The zero-order valence-corrected chi connectivity index (χ0v) is 19.9. The number of methoxy groups -OCH3 is 1. The molecule has 0 unspecified atom stereocenters. The summed E-state index contributed by atoms with van der Waals surface area (Å²) in [7, 11) is 1.58. The number of carbonyl (C=O) groups is 1. The summed E-state index contributed by atoms with van der Waals surface area (Å²) in [6.45, 7) is 8.10. The molecule has 1 spiro atoms. The molecule has 2 aliphatic heterocycles. The van der Waals surface area contributed by atoms with Crippen LogP contribution in [0.4, 0.5) is 0 Å². The molecule has 0 aromatic heterocycles. The second kappa shape index (κ2) is 8.99. The van der Waals surface area contributed by atoms with Gasteiger partial charge in [0, 0.05) is 30.8 Å². The Bertz CT molecular complexity index is 738. The average Bonchev–Trinajstić information content (AvgIpc) is 2.98. The Morgan fingerprint density at radius 1 is 1.25 bits per heavy atom. The molecule has 12 atom stereocenters. The van der Waals surface area contributed by atoms with E-state index in [1.165, 1.54) is 0 Å². The highest BCUT2D eigenvalue weighted by Gasteiger charge is 2.71. The van der Waals surface area contributed by atoms with E-state index in [4.69, 9.17) is 14.2 Å². The van der Waals surface area contributed by atoms with Gasteiger partial charge in [-0.15, -0.1) is 0 Å². The molecule has 7 heteroatoms. The Morgan fingerprint density at radius 2 is 1.97 bits per heavy atom. The van der Waals surface area contributed by atoms with Crippen molar-refractivity contribution in [2.24, 2.45) is 35.5 Å². The van der Waals surface area contributed by atoms with Crippen LogP contribution in [0.15, 0.2) is 11.6 Å². The second-order valence-electron chi connectivity index (χ2n) is 10.5. The molecule has 4 aliphatic rings. The minimum atomic E-state index is -0.837. The molecule has 3 N–H and O–H groups in total. The molecular weight excluding hydrogens is 412 g/mol. The van der Waals surface area contributed by atoms with Gasteiger partial charge in [-0.3, -0.25) is 4.79 Å². The van der Waals surface area contributed by atoms with Crippen LogP contribution in [0.3, 0.4) is 0 Å². The summed E-state index contributed by atoms with van der Waals surface area (Å²) in [5, 5.41) is 33.2. The van der Waals surface area contributed by atoms with E-state index in [1.54, 1.807) is 7.11 Å². The summed E-state index contributed by atoms with van der Waals surface area (Å²) in [5.74, 6) is -1.67. The van der Waals surface area contributed by atoms with Crippen LogP contribution < -0.4 is 0 Å². The number of aliphatic hydroxyl groups excluding tert-OH is 3. The van der Waals surface area contributed by atoms with Crippen LogP contribution in [0.25, 0.3) is 0 Å². The molecule has 182 valence electrons. The van der Waals surface area contributed by atoms with Crippen LogP contribution in [0.5, 0.6) is 0 Å². The molecule has 2 aliphatic carbocycles. The maximum absolute atomic E-state index is 13.4. The maximum atomic E-state index is 13.4. The summed E-state index contributed by atoms with van der Waals surface area (Å²) in [6.07, 6.45) is 1.35. The average molecular weight is 453 g/mol. The van der Waals surface area contributed by atoms with Crippen molar-refractivity contribution in [3.63, 3.8) is 0 Å². The topological polar surface area (TPSA) is 105 Å². The van der Waals surface area contributed by atoms with Gasteiger partial charge in [-0.25, -0.2) is 0 Å². The Hall–Kier alpha value is -0.990. The standard InChI is InChI=1S/C25H40O7/c1-6-14-17-9-8-15-19-20(27)16(11-30-5)21(28)23(15)32-25(17,19)13(4)10-12(3)22(18(26)7-2)31-24(14)29/h10,12,14-23,26-28H,6-9,11H2,1-5H3/b13-10+/t12-,14-,15-,16-,17-,18-,19+,20-,21-,22+,23-,25+/m1/s1. The van der Waals surface area contributed by atoms with Crippen LogP contribution in [-0.2, 0) is 19.0 Å². The predicted octanol–water partition coefficient (Wildman–Crippen LogP) is 2.07. The van der Waals surface area contributed by atoms with Crippen LogP contribution >= 0.6 is 0 Å². The molecule has 32 heavy (non-hydrogen) atoms. The molecular formula is C25H40O7. The number of carbonyl (C=O) groups excluding carboxylic acids is 1. The third-order valence-electron chi connectivity index (χ3n) is 8.94. The molecule has 4 rings (SSSR count). The Balaban J connectivity index is 1.85. The fourth-order valence-corrected chi connectivity index (χ4v) is 7.48. The van der Waals surface area contributed by atoms with Crippen molar-refractivity contribution in [1.29, 1.82) is 0 Å². The SMILES string of the molecule is CC[C@@H](O)[C@H]1OC(=O)[C@H](CC)[C@H]2CC[C@H]3[C@H]4O[C@]2(/C(C)=C/[C@H]1C)[C@@H]3[C@H](O)[C@@H](COC)[C@H]4O. The van der Waals surface area contributed by atoms with Crippen molar-refractivity contribution in [2.45, 2.75) is 89.5 Å². The predicted molar refractivity (Wildman–Crippen MR) is 118 cm³/mol. The van der Waals surface area contributed by atoms with Crippen LogP contribution in [0.1, 0.15) is 53.4 Å². The summed E-state index contributed by atoms with van der Waals surface area (Å²) in [5.41, 5.74) is 0.137. The number of esters is 1. The number of hydrogen-bond acceptors (Lipinski definition) is 7. The largest absolute Gasteiger partial charge is 0.459 e. The third-order valence-corrected chi connectivity index (χ3v) is 8.94. The molecule has 0 aromatic rings. The van der Waals surface area contributed by atoms with Gasteiger partial charge in [-0.2, -0.15) is 0 Å². The number of hydrogen-bond donors (Lipinski definition) is 3. The van der Waals surface area contributed by atoms with Crippen LogP contribution in [0.2, 0.25) is 0 Å². The first-order valence-electron chi connectivity index (χ1n) is 12.3. The quantitative estimate of drug-likeness (QED) is 0.433. The van der Waals surface area contributed by atoms with Crippen molar-refractivity contribution < 1.29 is 34.3 Å². The first-order chi connectivity index (χ1) is 15.2. The van der Waals surface area contributed by atoms with Gasteiger partial charge >= 0.3 is 5.97 Å². The minimum absolute atomic E-state index is 0.0364. The van der Waals surface area contributed by atoms with E-state index in [2.05, 4.69) is 6.08 Å². The lowest BCUT2D eigenvalue weighted by atomic mass is 9.53. The van der Waals surface area contributed by atoms with E-state index in [9.17, 15) is 20.1 Å². The van der Waals surface area contributed by atoms with Gasteiger partial charge in [-0.1, -0.05) is 26.8 Å². The van der Waals surface area contributed by atoms with Gasteiger partial charge in [0.2, 0.25) is 0 Å². The number of aliphatic hydroxyl groups is 3. The fraction of sp³-hybridized carbons (Fsp3) is 0.880. The maximum Gasteiger partial charge on any atom is 0.309 e. The number of ether oxygens (including phenoxy) is 3. The summed E-state index contributed by atoms with van der Waals surface area (Å²) in [4.78, 5) is 13.4. The van der Waals surface area contributed by atoms with Crippen molar-refractivity contribution in [3.8, 4) is 0 Å². The summed E-state index contributed by atoms with van der Waals surface area (Å²) < 4.78 is 18.1. The fourth-order valence-electron chi connectivity index (χ4n) is 7.48. The molecule has 0 amide bonds. The highest BCUT2D eigenvalue weighted by atomic mass is 16.6. The molecule has 7 nitrogen and oxygen atoms in total. The highest BCUT2D eigenvalue weighted by Crippen LogP contribution is 2.63. The molecule has 4 bridgehead atoms. The second-order valence-corrected chi connectivity index (χ2v) is 10.5. The highest BCUT2D eigenvalue weighted by molar-refractivity contribution is 5.73. The number of cyclic esters (lactones) is 1. The first kappa shape index (κ1) is 24.1. The van der Waals surface area contributed by atoms with Crippen LogP contribution in [0, 0.1) is 35.5 Å². The monoisotopic (exact) mass is 452 g/mol. The Morgan fingerprint density at radius 3 is 2.59 bits per heavy atom. The van der Waals surface area contributed by atoms with Crippen LogP contribution in [-0.4, -0.2) is 71.1 Å². The summed E-state index contributed by atoms with van der Waals surface area (Å²) >= 11 is 0. The lowest BCUT2D eigenvalue weighted by Crippen LogP contribution is -2.60. The smallest absolute Gasteiger partial charge is 0.309 e. The van der Waals surface area contributed by atoms with E-state index in [-0.39, 0.29) is 36.2 Å². The Kier molecular flexibility index (Phi) is 6.78. The zero-order valence-electron chi connectivity index (χ0n) is 19.9. The Labute approximate surface area is 191 Å². The van der Waals surface area contributed by atoms with Gasteiger partial charge in [0.1, 0.15) is 6.10 Å². The normalized spacial score (nSPS) is 50.9. The lowest BCUT2D eigenvalue weighted by molar-refractivity contribution is -0.172.